The third kappa shape index (κ3) is 4.34. The van der Waals surface area contributed by atoms with Crippen LogP contribution < -0.4 is 4.52 Å². The van der Waals surface area contributed by atoms with Gasteiger partial charge in [0.05, 0.1) is 5.69 Å². The maximum Gasteiger partial charge on any atom is 0.203 e. The second kappa shape index (κ2) is 7.49. The zero-order chi connectivity index (χ0) is 17.2. The molecule has 1 saturated heterocycles. The largest absolute Gasteiger partial charge is 0.449 e. The Hall–Kier alpha value is -1.000. The molecule has 3 rings (SSSR count). The van der Waals surface area contributed by atoms with Gasteiger partial charge in [0, 0.05) is 23.5 Å². The van der Waals surface area contributed by atoms with Crippen molar-refractivity contribution in [3.63, 3.8) is 0 Å². The molecule has 0 radical (unpaired) electrons. The Kier molecular flexibility index (Phi) is 5.56. The van der Waals surface area contributed by atoms with Gasteiger partial charge in [0.25, 0.3) is 0 Å². The van der Waals surface area contributed by atoms with E-state index in [1.165, 1.54) is 0 Å². The molecule has 0 N–H and O–H groups in total. The standard InChI is InChI=1S/C17H18ClN2OPS2/c1-13-12-20(22(2,23)21-16-6-4-3-5-7-16)17(24-13)19-15-10-8-14(18)9-11-15/h3-11,13H,12H2,1-2H3. The monoisotopic (exact) mass is 396 g/mol. The average molecular weight is 397 g/mol. The predicted octanol–water partition coefficient (Wildman–Crippen LogP) is 5.78. The highest BCUT2D eigenvalue weighted by Gasteiger charge is 2.35. The quantitative estimate of drug-likeness (QED) is 0.611. The zero-order valence-electron chi connectivity index (χ0n) is 13.4. The molecule has 2 aromatic rings. The van der Waals surface area contributed by atoms with Gasteiger partial charge in [0.15, 0.2) is 5.17 Å². The van der Waals surface area contributed by atoms with Crippen molar-refractivity contribution in [1.82, 2.24) is 4.67 Å². The third-order valence-electron chi connectivity index (χ3n) is 3.47. The molecule has 0 aromatic heterocycles. The van der Waals surface area contributed by atoms with Crippen molar-refractivity contribution < 1.29 is 4.52 Å². The van der Waals surface area contributed by atoms with Crippen LogP contribution in [0.3, 0.4) is 0 Å². The second-order valence-electron chi connectivity index (χ2n) is 5.59. The van der Waals surface area contributed by atoms with Crippen molar-refractivity contribution in [1.29, 1.82) is 0 Å². The first-order valence-electron chi connectivity index (χ1n) is 7.55. The summed E-state index contributed by atoms with van der Waals surface area (Å²) in [6.45, 7) is 5.03. The van der Waals surface area contributed by atoms with E-state index in [0.29, 0.717) is 10.3 Å². The number of amidine groups is 1. The highest BCUT2D eigenvalue weighted by atomic mass is 35.5. The van der Waals surface area contributed by atoms with Crippen molar-refractivity contribution in [2.24, 2.45) is 4.99 Å². The van der Waals surface area contributed by atoms with Crippen LogP contribution in [0.2, 0.25) is 5.02 Å². The summed E-state index contributed by atoms with van der Waals surface area (Å²) in [5.74, 6) is 0.804. The lowest BCUT2D eigenvalue weighted by Crippen LogP contribution is -2.24. The lowest BCUT2D eigenvalue weighted by Gasteiger charge is -2.29. The van der Waals surface area contributed by atoms with Crippen LogP contribution in [0.4, 0.5) is 5.69 Å². The number of para-hydroxylation sites is 1. The molecular formula is C17H18ClN2OPS2. The second-order valence-corrected chi connectivity index (χ2v) is 11.7. The summed E-state index contributed by atoms with van der Waals surface area (Å²) in [7, 11) is 0. The zero-order valence-corrected chi connectivity index (χ0v) is 16.7. The van der Waals surface area contributed by atoms with Gasteiger partial charge < -0.3 is 4.52 Å². The first kappa shape index (κ1) is 17.8. The molecule has 2 aromatic carbocycles. The van der Waals surface area contributed by atoms with E-state index in [9.17, 15) is 0 Å². The van der Waals surface area contributed by atoms with Gasteiger partial charge in [0.2, 0.25) is 6.42 Å². The van der Waals surface area contributed by atoms with Crippen LogP contribution in [0.5, 0.6) is 5.75 Å². The molecule has 7 heteroatoms. The van der Waals surface area contributed by atoms with Gasteiger partial charge in [-0.2, -0.15) is 0 Å². The van der Waals surface area contributed by atoms with E-state index in [4.69, 9.17) is 32.9 Å². The summed E-state index contributed by atoms with van der Waals surface area (Å²) in [6.07, 6.45) is -2.21. The summed E-state index contributed by atoms with van der Waals surface area (Å²) in [4.78, 5) is 4.77. The maximum atomic E-state index is 6.16. The smallest absolute Gasteiger partial charge is 0.203 e. The normalized spacial score (nSPS) is 21.7. The number of thioether (sulfide) groups is 1. The molecule has 2 unspecified atom stereocenters. The molecule has 0 aliphatic carbocycles. The Labute approximate surface area is 157 Å². The maximum absolute atomic E-state index is 6.16. The van der Waals surface area contributed by atoms with E-state index in [1.807, 2.05) is 61.3 Å². The van der Waals surface area contributed by atoms with E-state index in [2.05, 4.69) is 11.6 Å². The average Bonchev–Trinajstić information content (AvgIpc) is 2.92. The van der Waals surface area contributed by atoms with Crippen molar-refractivity contribution in [2.45, 2.75) is 12.2 Å². The van der Waals surface area contributed by atoms with Gasteiger partial charge in [-0.1, -0.05) is 48.5 Å². The molecule has 2 atom stereocenters. The van der Waals surface area contributed by atoms with Crippen molar-refractivity contribution in [3.05, 3.63) is 59.6 Å². The van der Waals surface area contributed by atoms with Crippen LogP contribution in [0.1, 0.15) is 6.92 Å². The molecule has 1 fully saturated rings. The Balaban J connectivity index is 1.86. The molecular weight excluding hydrogens is 379 g/mol. The van der Waals surface area contributed by atoms with Gasteiger partial charge in [-0.15, -0.1) is 0 Å². The molecule has 1 aliphatic rings. The van der Waals surface area contributed by atoms with Crippen LogP contribution in [-0.2, 0) is 11.8 Å². The van der Waals surface area contributed by atoms with Gasteiger partial charge in [0.1, 0.15) is 5.75 Å². The first-order chi connectivity index (χ1) is 11.4. The van der Waals surface area contributed by atoms with Crippen LogP contribution >= 0.6 is 29.8 Å². The summed E-state index contributed by atoms with van der Waals surface area (Å²) >= 11 is 13.5. The third-order valence-corrected chi connectivity index (χ3v) is 7.52. The number of rotatable bonds is 4. The van der Waals surface area contributed by atoms with E-state index in [1.54, 1.807) is 11.8 Å². The summed E-state index contributed by atoms with van der Waals surface area (Å²) in [5.41, 5.74) is 0.871. The van der Waals surface area contributed by atoms with Crippen molar-refractivity contribution in [2.75, 3.05) is 13.2 Å². The van der Waals surface area contributed by atoms with Crippen molar-refractivity contribution >= 4 is 52.4 Å². The number of benzene rings is 2. The molecule has 1 aliphatic heterocycles. The van der Waals surface area contributed by atoms with Gasteiger partial charge >= 0.3 is 0 Å². The Morgan fingerprint density at radius 1 is 1.21 bits per heavy atom. The lowest BCUT2D eigenvalue weighted by molar-refractivity contribution is 0.542. The molecule has 0 spiro atoms. The number of hydrogen-bond acceptors (Lipinski definition) is 4. The summed E-state index contributed by atoms with van der Waals surface area (Å²) < 4.78 is 8.31. The van der Waals surface area contributed by atoms with Gasteiger partial charge in [-0.25, -0.2) is 4.99 Å². The number of nitrogens with zero attached hydrogens (tertiary/aromatic N) is 2. The predicted molar refractivity (Wildman–Crippen MR) is 110 cm³/mol. The van der Waals surface area contributed by atoms with Crippen LogP contribution in [0, 0.1) is 0 Å². The summed E-state index contributed by atoms with van der Waals surface area (Å²) in [6, 6.07) is 17.3. The molecule has 0 bridgehead atoms. The molecule has 126 valence electrons. The number of halogens is 1. The number of hydrogen-bond donors (Lipinski definition) is 0. The Bertz CT molecular complexity index is 783. The van der Waals surface area contributed by atoms with E-state index in [-0.39, 0.29) is 0 Å². The molecule has 24 heavy (non-hydrogen) atoms. The first-order valence-corrected chi connectivity index (χ1v) is 11.9. The SMILES string of the molecule is CC1CN(P(C)(=S)Oc2ccccc2)C(=Nc2ccc(Cl)cc2)S1. The Morgan fingerprint density at radius 3 is 2.54 bits per heavy atom. The molecule has 3 nitrogen and oxygen atoms in total. The molecule has 0 saturated carbocycles. The minimum atomic E-state index is -2.21. The highest BCUT2D eigenvalue weighted by molar-refractivity contribution is 8.17. The topological polar surface area (TPSA) is 24.8 Å². The summed E-state index contributed by atoms with van der Waals surface area (Å²) in [5, 5.41) is 2.06. The Morgan fingerprint density at radius 2 is 1.88 bits per heavy atom. The fraction of sp³-hybridized carbons (Fsp3) is 0.235. The fourth-order valence-corrected chi connectivity index (χ4v) is 6.48. The minimum Gasteiger partial charge on any atom is -0.449 e. The van der Waals surface area contributed by atoms with Crippen molar-refractivity contribution in [3.8, 4) is 5.75 Å². The highest BCUT2D eigenvalue weighted by Crippen LogP contribution is 2.52. The van der Waals surface area contributed by atoms with Gasteiger partial charge in [-0.3, -0.25) is 4.67 Å². The van der Waals surface area contributed by atoms with Crippen LogP contribution in [-0.4, -0.2) is 28.3 Å². The van der Waals surface area contributed by atoms with E-state index in [0.717, 1.165) is 23.1 Å². The van der Waals surface area contributed by atoms with E-state index >= 15 is 0 Å². The minimum absolute atomic E-state index is 0.428. The lowest BCUT2D eigenvalue weighted by atomic mass is 10.3. The van der Waals surface area contributed by atoms with E-state index < -0.39 is 6.42 Å². The molecule has 0 amide bonds. The van der Waals surface area contributed by atoms with Gasteiger partial charge in [-0.05, 0) is 48.2 Å². The molecule has 1 heterocycles. The fourth-order valence-electron chi connectivity index (χ4n) is 2.34. The van der Waals surface area contributed by atoms with Crippen LogP contribution in [0.25, 0.3) is 0 Å². The van der Waals surface area contributed by atoms with Crippen LogP contribution in [0.15, 0.2) is 59.6 Å². The number of aliphatic imine (C=N–C) groups is 1.